The smallest absolute Gasteiger partial charge is 0.264 e. The number of benzene rings is 2. The molecule has 0 N–H and O–H groups in total. The predicted octanol–water partition coefficient (Wildman–Crippen LogP) is 2.93. The number of sulfonamides is 1. The second-order valence-corrected chi connectivity index (χ2v) is 6.58. The summed E-state index contributed by atoms with van der Waals surface area (Å²) >= 11 is 5.28. The molecule has 0 aliphatic rings. The molecule has 2 aromatic carbocycles. The van der Waals surface area contributed by atoms with Crippen molar-refractivity contribution in [3.63, 3.8) is 0 Å². The predicted molar refractivity (Wildman–Crippen MR) is 78.2 cm³/mol. The lowest BCUT2D eigenvalue weighted by Crippen LogP contribution is -2.34. The van der Waals surface area contributed by atoms with Crippen LogP contribution in [0.2, 0.25) is 0 Å². The Morgan fingerprint density at radius 3 is 2.23 bits per heavy atom. The van der Waals surface area contributed by atoms with E-state index in [1.54, 1.807) is 0 Å². The monoisotopic (exact) mass is 345 g/mol. The van der Waals surface area contributed by atoms with Gasteiger partial charge in [0, 0.05) is 0 Å². The number of hydrogen-bond donors (Lipinski definition) is 0. The quantitative estimate of drug-likeness (QED) is 0.783. The highest BCUT2D eigenvalue weighted by atomic mass is 35.5. The number of nitrogens with zero attached hydrogens (tertiary/aromatic N) is 1. The van der Waals surface area contributed by atoms with Crippen LogP contribution >= 0.6 is 11.6 Å². The third-order valence-electron chi connectivity index (χ3n) is 2.77. The fourth-order valence-corrected chi connectivity index (χ4v) is 3.40. The highest BCUT2D eigenvalue weighted by Gasteiger charge is 2.27. The van der Waals surface area contributed by atoms with Gasteiger partial charge in [-0.15, -0.1) is 0 Å². The van der Waals surface area contributed by atoms with Crippen LogP contribution in [0.1, 0.15) is 0 Å². The maximum atomic E-state index is 13.3. The zero-order valence-corrected chi connectivity index (χ0v) is 12.6. The Morgan fingerprint density at radius 2 is 1.68 bits per heavy atom. The molecule has 2 rings (SSSR count). The summed E-state index contributed by atoms with van der Waals surface area (Å²) in [5.74, 6) is -1.27. The second-order valence-electron chi connectivity index (χ2n) is 4.30. The number of carbonyl (C=O) groups excluding carboxylic acids is 1. The van der Waals surface area contributed by atoms with Gasteiger partial charge in [0.25, 0.3) is 10.0 Å². The number of rotatable bonds is 5. The molecular formula is C14H10ClF2NO3S. The van der Waals surface area contributed by atoms with Gasteiger partial charge in [-0.25, -0.2) is 17.2 Å². The second kappa shape index (κ2) is 6.41. The van der Waals surface area contributed by atoms with Gasteiger partial charge >= 0.3 is 0 Å². The SMILES string of the molecule is O=C(Cl)CN(c1cccc(F)c1)S(=O)(=O)c1ccc(F)cc1. The Bertz CT molecular complexity index is 794. The highest BCUT2D eigenvalue weighted by molar-refractivity contribution is 7.92. The third kappa shape index (κ3) is 3.61. The van der Waals surface area contributed by atoms with Crippen molar-refractivity contribution in [1.29, 1.82) is 0 Å². The Kier molecular flexibility index (Phi) is 4.77. The van der Waals surface area contributed by atoms with Crippen LogP contribution in [-0.2, 0) is 14.8 Å². The van der Waals surface area contributed by atoms with Crippen LogP contribution in [0.15, 0.2) is 53.4 Å². The molecule has 0 saturated carbocycles. The summed E-state index contributed by atoms with van der Waals surface area (Å²) in [5, 5.41) is -0.935. The van der Waals surface area contributed by atoms with Gasteiger partial charge in [0.15, 0.2) is 0 Å². The topological polar surface area (TPSA) is 54.5 Å². The summed E-state index contributed by atoms with van der Waals surface area (Å²) in [6, 6.07) is 8.76. The minimum absolute atomic E-state index is 0.0571. The van der Waals surface area contributed by atoms with Gasteiger partial charge in [-0.2, -0.15) is 0 Å². The average molecular weight is 346 g/mol. The maximum Gasteiger partial charge on any atom is 0.264 e. The van der Waals surface area contributed by atoms with E-state index in [-0.39, 0.29) is 10.6 Å². The molecule has 0 fully saturated rings. The van der Waals surface area contributed by atoms with Gasteiger partial charge in [-0.3, -0.25) is 9.10 Å². The van der Waals surface area contributed by atoms with Crippen LogP contribution in [0.3, 0.4) is 0 Å². The van der Waals surface area contributed by atoms with Crippen molar-refractivity contribution >= 4 is 32.6 Å². The zero-order valence-electron chi connectivity index (χ0n) is 11.0. The van der Waals surface area contributed by atoms with Crippen molar-refractivity contribution in [1.82, 2.24) is 0 Å². The first kappa shape index (κ1) is 16.4. The lowest BCUT2D eigenvalue weighted by Gasteiger charge is -2.23. The zero-order chi connectivity index (χ0) is 16.3. The summed E-state index contributed by atoms with van der Waals surface area (Å²) in [4.78, 5) is 10.9. The molecule has 0 unspecified atom stereocenters. The van der Waals surface area contributed by atoms with E-state index in [0.29, 0.717) is 4.31 Å². The number of hydrogen-bond acceptors (Lipinski definition) is 3. The standard InChI is InChI=1S/C14H10ClF2NO3S/c15-14(19)9-18(12-3-1-2-11(17)8-12)22(20,21)13-6-4-10(16)5-7-13/h1-8H,9H2. The van der Waals surface area contributed by atoms with Gasteiger partial charge in [-0.05, 0) is 54.1 Å². The molecule has 4 nitrogen and oxygen atoms in total. The lowest BCUT2D eigenvalue weighted by atomic mass is 10.3. The minimum atomic E-state index is -4.19. The van der Waals surface area contributed by atoms with Crippen LogP contribution in [0, 0.1) is 11.6 Å². The van der Waals surface area contributed by atoms with E-state index < -0.39 is 33.4 Å². The summed E-state index contributed by atoms with van der Waals surface area (Å²) in [7, 11) is -4.19. The van der Waals surface area contributed by atoms with E-state index in [4.69, 9.17) is 11.6 Å². The summed E-state index contributed by atoms with van der Waals surface area (Å²) < 4.78 is 52.0. The molecule has 0 amide bonds. The van der Waals surface area contributed by atoms with Crippen molar-refractivity contribution in [3.05, 3.63) is 60.2 Å². The van der Waals surface area contributed by atoms with Crippen LogP contribution in [-0.4, -0.2) is 20.2 Å². The third-order valence-corrected chi connectivity index (χ3v) is 4.67. The first-order valence-corrected chi connectivity index (χ1v) is 7.85. The molecule has 0 radical (unpaired) electrons. The molecule has 0 atom stereocenters. The molecule has 0 heterocycles. The van der Waals surface area contributed by atoms with Gasteiger partial charge in [0.05, 0.1) is 10.6 Å². The first-order valence-electron chi connectivity index (χ1n) is 6.03. The molecule has 0 aromatic heterocycles. The van der Waals surface area contributed by atoms with E-state index >= 15 is 0 Å². The van der Waals surface area contributed by atoms with Crippen LogP contribution in [0.25, 0.3) is 0 Å². The number of anilines is 1. The molecule has 8 heteroatoms. The molecule has 0 aliphatic heterocycles. The van der Waals surface area contributed by atoms with E-state index in [9.17, 15) is 22.0 Å². The van der Waals surface area contributed by atoms with Crippen LogP contribution in [0.5, 0.6) is 0 Å². The van der Waals surface area contributed by atoms with Crippen LogP contribution < -0.4 is 4.31 Å². The Labute approximate surface area is 131 Å². The van der Waals surface area contributed by atoms with E-state index in [1.807, 2.05) is 0 Å². The lowest BCUT2D eigenvalue weighted by molar-refractivity contribution is -0.110. The van der Waals surface area contributed by atoms with Crippen molar-refractivity contribution < 1.29 is 22.0 Å². The normalized spacial score (nSPS) is 11.2. The molecule has 22 heavy (non-hydrogen) atoms. The maximum absolute atomic E-state index is 13.3. The molecule has 0 aliphatic carbocycles. The first-order chi connectivity index (χ1) is 10.3. The summed E-state index contributed by atoms with van der Waals surface area (Å²) in [5.41, 5.74) is -0.0571. The fraction of sp³-hybridized carbons (Fsp3) is 0.0714. The summed E-state index contributed by atoms with van der Waals surface area (Å²) in [6.45, 7) is -0.676. The van der Waals surface area contributed by atoms with Crippen molar-refractivity contribution in [2.24, 2.45) is 0 Å². The summed E-state index contributed by atoms with van der Waals surface area (Å²) in [6.07, 6.45) is 0. The largest absolute Gasteiger partial charge is 0.279 e. The molecule has 0 bridgehead atoms. The Balaban J connectivity index is 2.53. The van der Waals surface area contributed by atoms with Crippen molar-refractivity contribution in [2.75, 3.05) is 10.8 Å². The van der Waals surface area contributed by atoms with E-state index in [2.05, 4.69) is 0 Å². The van der Waals surface area contributed by atoms with Gasteiger partial charge in [0.1, 0.15) is 18.2 Å². The number of carbonyl (C=O) groups is 1. The molecule has 0 spiro atoms. The Hall–Kier alpha value is -1.99. The highest BCUT2D eigenvalue weighted by Crippen LogP contribution is 2.24. The molecule has 116 valence electrons. The van der Waals surface area contributed by atoms with Crippen LogP contribution in [0.4, 0.5) is 14.5 Å². The molecule has 2 aromatic rings. The van der Waals surface area contributed by atoms with Gasteiger partial charge in [-0.1, -0.05) is 6.07 Å². The molecule has 0 saturated heterocycles. The van der Waals surface area contributed by atoms with E-state index in [0.717, 1.165) is 36.4 Å². The minimum Gasteiger partial charge on any atom is -0.279 e. The average Bonchev–Trinajstić information content (AvgIpc) is 2.45. The van der Waals surface area contributed by atoms with Crippen molar-refractivity contribution in [3.8, 4) is 0 Å². The fourth-order valence-electron chi connectivity index (χ4n) is 1.79. The van der Waals surface area contributed by atoms with Crippen molar-refractivity contribution in [2.45, 2.75) is 4.90 Å². The molecular weight excluding hydrogens is 336 g/mol. The van der Waals surface area contributed by atoms with Gasteiger partial charge < -0.3 is 0 Å². The Morgan fingerprint density at radius 1 is 1.05 bits per heavy atom. The van der Waals surface area contributed by atoms with Gasteiger partial charge in [0.2, 0.25) is 5.24 Å². The number of halogens is 3. The van der Waals surface area contributed by atoms with E-state index in [1.165, 1.54) is 12.1 Å².